The predicted octanol–water partition coefficient (Wildman–Crippen LogP) is 2.27. The molecule has 0 spiro atoms. The van der Waals surface area contributed by atoms with Gasteiger partial charge in [0.05, 0.1) is 11.1 Å². The molecule has 0 amide bonds. The fourth-order valence-electron chi connectivity index (χ4n) is 2.14. The lowest BCUT2D eigenvalue weighted by atomic mass is 10.0. The minimum Gasteiger partial charge on any atom is -0.490 e. The third-order valence-electron chi connectivity index (χ3n) is 3.50. The molecule has 0 saturated carbocycles. The molecular formula is C15H22BrNO3. The Kier molecular flexibility index (Phi) is 5.43. The molecule has 1 aromatic rings. The van der Waals surface area contributed by atoms with E-state index in [0.29, 0.717) is 13.2 Å². The van der Waals surface area contributed by atoms with Crippen LogP contribution in [0.5, 0.6) is 5.75 Å². The van der Waals surface area contributed by atoms with Crippen LogP contribution in [0.15, 0.2) is 22.7 Å². The minimum atomic E-state index is -0.541. The van der Waals surface area contributed by atoms with Gasteiger partial charge in [-0.15, -0.1) is 0 Å². The van der Waals surface area contributed by atoms with Crippen molar-refractivity contribution in [2.75, 3.05) is 26.4 Å². The van der Waals surface area contributed by atoms with Crippen LogP contribution in [0.4, 0.5) is 0 Å². The molecule has 4 nitrogen and oxygen atoms in total. The van der Waals surface area contributed by atoms with Crippen molar-refractivity contribution >= 4 is 15.9 Å². The predicted molar refractivity (Wildman–Crippen MR) is 82.2 cm³/mol. The second-order valence-electron chi connectivity index (χ2n) is 5.64. The van der Waals surface area contributed by atoms with Gasteiger partial charge in [0, 0.05) is 18.7 Å². The number of aliphatic hydroxyl groups excluding tert-OH is 1. The van der Waals surface area contributed by atoms with Gasteiger partial charge in [-0.2, -0.15) is 0 Å². The van der Waals surface area contributed by atoms with Crippen LogP contribution in [-0.4, -0.2) is 43.1 Å². The van der Waals surface area contributed by atoms with Crippen molar-refractivity contribution in [3.8, 4) is 5.75 Å². The van der Waals surface area contributed by atoms with Gasteiger partial charge >= 0.3 is 0 Å². The summed E-state index contributed by atoms with van der Waals surface area (Å²) >= 11 is 3.46. The number of nitrogens with one attached hydrogen (secondary N) is 1. The largest absolute Gasteiger partial charge is 0.490 e. The van der Waals surface area contributed by atoms with E-state index in [1.165, 1.54) is 5.56 Å². The Morgan fingerprint density at radius 3 is 3.00 bits per heavy atom. The molecule has 5 heteroatoms. The van der Waals surface area contributed by atoms with E-state index in [1.54, 1.807) is 0 Å². The first-order chi connectivity index (χ1) is 9.48. The van der Waals surface area contributed by atoms with Gasteiger partial charge in [-0.3, -0.25) is 0 Å². The van der Waals surface area contributed by atoms with E-state index in [-0.39, 0.29) is 12.1 Å². The standard InChI is InChI=1S/C15H22BrNO3/c1-11-3-4-14(13(16)7-11)20-9-12(18)8-17-15(2)5-6-19-10-15/h3-4,7,12,17-18H,5-6,8-10H2,1-2H3. The lowest BCUT2D eigenvalue weighted by Crippen LogP contribution is -2.47. The Balaban J connectivity index is 1.75. The third-order valence-corrected chi connectivity index (χ3v) is 4.12. The lowest BCUT2D eigenvalue weighted by molar-refractivity contribution is 0.0941. The van der Waals surface area contributed by atoms with Crippen molar-refractivity contribution in [2.45, 2.75) is 31.9 Å². The van der Waals surface area contributed by atoms with Crippen molar-refractivity contribution in [1.29, 1.82) is 0 Å². The van der Waals surface area contributed by atoms with E-state index in [1.807, 2.05) is 25.1 Å². The number of rotatable bonds is 6. The number of hydrogen-bond acceptors (Lipinski definition) is 4. The fraction of sp³-hybridized carbons (Fsp3) is 0.600. The van der Waals surface area contributed by atoms with E-state index in [9.17, 15) is 5.11 Å². The summed E-state index contributed by atoms with van der Waals surface area (Å²) < 4.78 is 11.9. The monoisotopic (exact) mass is 343 g/mol. The Morgan fingerprint density at radius 1 is 1.55 bits per heavy atom. The summed E-state index contributed by atoms with van der Waals surface area (Å²) in [5.74, 6) is 0.755. The topological polar surface area (TPSA) is 50.7 Å². The summed E-state index contributed by atoms with van der Waals surface area (Å²) in [6.07, 6.45) is 0.435. The van der Waals surface area contributed by atoms with Gasteiger partial charge in [0.25, 0.3) is 0 Å². The number of benzene rings is 1. The average Bonchev–Trinajstić information content (AvgIpc) is 2.83. The van der Waals surface area contributed by atoms with Crippen molar-refractivity contribution in [3.63, 3.8) is 0 Å². The van der Waals surface area contributed by atoms with Crippen LogP contribution < -0.4 is 10.1 Å². The Labute approximate surface area is 128 Å². The van der Waals surface area contributed by atoms with Gasteiger partial charge in [-0.1, -0.05) is 6.07 Å². The van der Waals surface area contributed by atoms with Crippen molar-refractivity contribution < 1.29 is 14.6 Å². The molecule has 1 heterocycles. The van der Waals surface area contributed by atoms with Crippen LogP contribution in [0.1, 0.15) is 18.9 Å². The fourth-order valence-corrected chi connectivity index (χ4v) is 2.75. The number of hydrogen-bond donors (Lipinski definition) is 2. The van der Waals surface area contributed by atoms with Crippen LogP contribution in [-0.2, 0) is 4.74 Å². The highest BCUT2D eigenvalue weighted by molar-refractivity contribution is 9.10. The maximum Gasteiger partial charge on any atom is 0.133 e. The zero-order valence-corrected chi connectivity index (χ0v) is 13.6. The number of aliphatic hydroxyl groups is 1. The van der Waals surface area contributed by atoms with E-state index < -0.39 is 6.10 Å². The molecule has 112 valence electrons. The van der Waals surface area contributed by atoms with Crippen molar-refractivity contribution in [1.82, 2.24) is 5.32 Å². The van der Waals surface area contributed by atoms with Gasteiger partial charge < -0.3 is 19.9 Å². The SMILES string of the molecule is Cc1ccc(OCC(O)CNC2(C)CCOC2)c(Br)c1. The number of halogens is 1. The van der Waals surface area contributed by atoms with E-state index in [4.69, 9.17) is 9.47 Å². The first kappa shape index (κ1) is 15.8. The quantitative estimate of drug-likeness (QED) is 0.831. The lowest BCUT2D eigenvalue weighted by Gasteiger charge is -2.25. The highest BCUT2D eigenvalue weighted by atomic mass is 79.9. The summed E-state index contributed by atoms with van der Waals surface area (Å²) in [5.41, 5.74) is 1.14. The molecule has 2 unspecified atom stereocenters. The average molecular weight is 344 g/mol. The minimum absolute atomic E-state index is 0.0224. The molecule has 0 radical (unpaired) electrons. The van der Waals surface area contributed by atoms with Crippen LogP contribution in [0.3, 0.4) is 0 Å². The summed E-state index contributed by atoms with van der Waals surface area (Å²) in [7, 11) is 0. The Bertz CT molecular complexity index is 447. The van der Waals surface area contributed by atoms with Crippen LogP contribution in [0.2, 0.25) is 0 Å². The van der Waals surface area contributed by atoms with Crippen molar-refractivity contribution in [3.05, 3.63) is 28.2 Å². The highest BCUT2D eigenvalue weighted by Crippen LogP contribution is 2.25. The summed E-state index contributed by atoms with van der Waals surface area (Å²) in [6, 6.07) is 5.89. The van der Waals surface area contributed by atoms with Crippen LogP contribution in [0, 0.1) is 6.92 Å². The molecular weight excluding hydrogens is 322 g/mol. The number of β-amino-alcohol motifs (C(OH)–C–C–N with tert-alkyl or cyclic N) is 1. The van der Waals surface area contributed by atoms with Gasteiger partial charge in [0.2, 0.25) is 0 Å². The molecule has 1 aromatic carbocycles. The molecule has 0 aliphatic carbocycles. The van der Waals surface area contributed by atoms with E-state index in [0.717, 1.165) is 23.2 Å². The van der Waals surface area contributed by atoms with E-state index in [2.05, 4.69) is 28.2 Å². The summed E-state index contributed by atoms with van der Waals surface area (Å²) in [5, 5.41) is 13.3. The van der Waals surface area contributed by atoms with Gasteiger partial charge in [-0.05, 0) is 53.9 Å². The zero-order chi connectivity index (χ0) is 14.6. The smallest absolute Gasteiger partial charge is 0.133 e. The molecule has 2 rings (SSSR count). The van der Waals surface area contributed by atoms with E-state index >= 15 is 0 Å². The molecule has 0 aromatic heterocycles. The maximum absolute atomic E-state index is 9.99. The molecule has 1 aliphatic heterocycles. The second-order valence-corrected chi connectivity index (χ2v) is 6.50. The highest BCUT2D eigenvalue weighted by Gasteiger charge is 2.29. The third kappa shape index (κ3) is 4.45. The second kappa shape index (κ2) is 6.89. The first-order valence-corrected chi connectivity index (χ1v) is 7.68. The van der Waals surface area contributed by atoms with Gasteiger partial charge in [0.15, 0.2) is 0 Å². The number of aryl methyl sites for hydroxylation is 1. The molecule has 2 atom stereocenters. The van der Waals surface area contributed by atoms with Gasteiger partial charge in [0.1, 0.15) is 18.5 Å². The molecule has 20 heavy (non-hydrogen) atoms. The summed E-state index contributed by atoms with van der Waals surface area (Å²) in [6.45, 7) is 6.40. The zero-order valence-electron chi connectivity index (χ0n) is 12.0. The molecule has 2 N–H and O–H groups in total. The molecule has 1 fully saturated rings. The Hall–Kier alpha value is -0.620. The first-order valence-electron chi connectivity index (χ1n) is 6.88. The molecule has 0 bridgehead atoms. The van der Waals surface area contributed by atoms with Gasteiger partial charge in [-0.25, -0.2) is 0 Å². The number of ether oxygens (including phenoxy) is 2. The summed E-state index contributed by atoms with van der Waals surface area (Å²) in [4.78, 5) is 0. The molecule has 1 aliphatic rings. The van der Waals surface area contributed by atoms with Crippen LogP contribution >= 0.6 is 15.9 Å². The maximum atomic E-state index is 9.99. The van der Waals surface area contributed by atoms with Crippen LogP contribution in [0.25, 0.3) is 0 Å². The van der Waals surface area contributed by atoms with Crippen molar-refractivity contribution in [2.24, 2.45) is 0 Å². The normalized spacial score (nSPS) is 23.8. The Morgan fingerprint density at radius 2 is 2.35 bits per heavy atom. The molecule has 1 saturated heterocycles.